The molecule has 0 N–H and O–H groups in total. The Labute approximate surface area is 181 Å². The van der Waals surface area contributed by atoms with Gasteiger partial charge >= 0.3 is 0 Å². The summed E-state index contributed by atoms with van der Waals surface area (Å²) in [6.45, 7) is 2.58. The number of aromatic nitrogens is 2. The predicted molar refractivity (Wildman–Crippen MR) is 115 cm³/mol. The third-order valence-corrected chi connectivity index (χ3v) is 7.38. The van der Waals surface area contributed by atoms with E-state index >= 15 is 0 Å². The maximum Gasteiger partial charge on any atom is 0.251 e. The Hall–Kier alpha value is -2.91. The van der Waals surface area contributed by atoms with E-state index in [0.717, 1.165) is 12.0 Å². The van der Waals surface area contributed by atoms with Gasteiger partial charge in [-0.3, -0.25) is 0 Å². The quantitative estimate of drug-likeness (QED) is 0.574. The number of rotatable bonds is 6. The van der Waals surface area contributed by atoms with Crippen LogP contribution in [0.3, 0.4) is 0 Å². The fourth-order valence-corrected chi connectivity index (χ4v) is 5.46. The molecule has 3 aromatic rings. The molecule has 2 heterocycles. The number of para-hydroxylation sites is 1. The Morgan fingerprint density at radius 2 is 1.84 bits per heavy atom. The highest BCUT2D eigenvalue weighted by molar-refractivity contribution is 7.89. The lowest BCUT2D eigenvalue weighted by Crippen LogP contribution is -2.39. The first-order chi connectivity index (χ1) is 14.9. The van der Waals surface area contributed by atoms with Crippen LogP contribution in [0.25, 0.3) is 11.5 Å². The highest BCUT2D eigenvalue weighted by atomic mass is 32.2. The minimum atomic E-state index is -3.64. The molecule has 0 saturated carbocycles. The van der Waals surface area contributed by atoms with Gasteiger partial charge < -0.3 is 13.9 Å². The number of piperidine rings is 1. The van der Waals surface area contributed by atoms with Gasteiger partial charge in [-0.1, -0.05) is 12.1 Å². The summed E-state index contributed by atoms with van der Waals surface area (Å²) < 4.78 is 44.5. The SMILES string of the molecule is COc1ccc(S(=O)(=O)N2CCC[C@@H](c3nnc(-c4ccccc4OC)o3)C2)cc1C. The Kier molecular flexibility index (Phi) is 5.97. The van der Waals surface area contributed by atoms with E-state index in [9.17, 15) is 8.42 Å². The summed E-state index contributed by atoms with van der Waals surface area (Å²) in [6.07, 6.45) is 1.49. The number of nitrogens with zero attached hydrogens (tertiary/aromatic N) is 3. The van der Waals surface area contributed by atoms with Gasteiger partial charge in [0.2, 0.25) is 15.9 Å². The largest absolute Gasteiger partial charge is 0.496 e. The van der Waals surface area contributed by atoms with Crippen LogP contribution in [0.5, 0.6) is 11.5 Å². The first kappa shape index (κ1) is 21.3. The van der Waals surface area contributed by atoms with Crippen molar-refractivity contribution in [2.45, 2.75) is 30.6 Å². The minimum Gasteiger partial charge on any atom is -0.496 e. The Bertz CT molecular complexity index is 1180. The number of hydrogen-bond donors (Lipinski definition) is 0. The van der Waals surface area contributed by atoms with E-state index in [1.54, 1.807) is 32.4 Å². The molecule has 1 aromatic heterocycles. The van der Waals surface area contributed by atoms with Crippen molar-refractivity contribution in [2.75, 3.05) is 27.3 Å². The minimum absolute atomic E-state index is 0.168. The van der Waals surface area contributed by atoms with Crippen molar-refractivity contribution in [2.24, 2.45) is 0 Å². The molecule has 1 atom stereocenters. The van der Waals surface area contributed by atoms with Crippen molar-refractivity contribution >= 4 is 10.0 Å². The number of ether oxygens (including phenoxy) is 2. The molecule has 9 heteroatoms. The summed E-state index contributed by atoms with van der Waals surface area (Å²) in [5.74, 6) is 1.93. The summed E-state index contributed by atoms with van der Waals surface area (Å²) in [4.78, 5) is 0.256. The van der Waals surface area contributed by atoms with Crippen LogP contribution in [0.4, 0.5) is 0 Å². The molecule has 8 nitrogen and oxygen atoms in total. The van der Waals surface area contributed by atoms with Crippen LogP contribution in [0.1, 0.15) is 30.2 Å². The molecule has 0 unspecified atom stereocenters. The van der Waals surface area contributed by atoms with Crippen molar-refractivity contribution in [3.63, 3.8) is 0 Å². The monoisotopic (exact) mass is 443 g/mol. The van der Waals surface area contributed by atoms with E-state index < -0.39 is 10.0 Å². The van der Waals surface area contributed by atoms with Gasteiger partial charge in [0, 0.05) is 13.1 Å². The molecule has 0 amide bonds. The summed E-state index contributed by atoms with van der Waals surface area (Å²) >= 11 is 0. The zero-order valence-electron chi connectivity index (χ0n) is 17.7. The molecule has 1 aliphatic rings. The molecule has 0 radical (unpaired) electrons. The second-order valence-electron chi connectivity index (χ2n) is 7.48. The summed E-state index contributed by atoms with van der Waals surface area (Å²) in [5, 5.41) is 8.38. The van der Waals surface area contributed by atoms with E-state index in [1.165, 1.54) is 4.31 Å². The molecular formula is C22H25N3O5S. The normalized spacial score (nSPS) is 17.5. The first-order valence-electron chi connectivity index (χ1n) is 10.1. The van der Waals surface area contributed by atoms with Crippen molar-refractivity contribution < 1.29 is 22.3 Å². The topological polar surface area (TPSA) is 94.8 Å². The second-order valence-corrected chi connectivity index (χ2v) is 9.42. The molecule has 0 bridgehead atoms. The van der Waals surface area contributed by atoms with Gasteiger partial charge in [0.1, 0.15) is 11.5 Å². The van der Waals surface area contributed by atoms with Gasteiger partial charge in [0.05, 0.1) is 30.6 Å². The van der Waals surface area contributed by atoms with Crippen LogP contribution in [0.2, 0.25) is 0 Å². The van der Waals surface area contributed by atoms with Gasteiger partial charge in [0.25, 0.3) is 5.89 Å². The molecule has 1 saturated heterocycles. The average Bonchev–Trinajstić information content (AvgIpc) is 3.29. The standard InChI is InChI=1S/C22H25N3O5S/c1-15-13-17(10-11-19(15)28-2)31(26,27)25-12-6-7-16(14-25)21-23-24-22(30-21)18-8-4-5-9-20(18)29-3/h4-5,8-11,13,16H,6-7,12,14H2,1-3H3/t16-/m1/s1. The van der Waals surface area contributed by atoms with Gasteiger partial charge in [-0.2, -0.15) is 4.31 Å². The Morgan fingerprint density at radius 3 is 2.58 bits per heavy atom. The summed E-state index contributed by atoms with van der Waals surface area (Å²) in [7, 11) is -0.489. The van der Waals surface area contributed by atoms with E-state index in [0.29, 0.717) is 48.4 Å². The number of benzene rings is 2. The fraction of sp³-hybridized carbons (Fsp3) is 0.364. The molecule has 1 aliphatic heterocycles. The third kappa shape index (κ3) is 4.15. The van der Waals surface area contributed by atoms with E-state index in [-0.39, 0.29) is 10.8 Å². The number of hydrogen-bond acceptors (Lipinski definition) is 7. The van der Waals surface area contributed by atoms with Crippen LogP contribution < -0.4 is 9.47 Å². The number of sulfonamides is 1. The first-order valence-corrected chi connectivity index (χ1v) is 11.5. The molecule has 2 aromatic carbocycles. The van der Waals surface area contributed by atoms with Crippen LogP contribution in [0.15, 0.2) is 51.8 Å². The van der Waals surface area contributed by atoms with E-state index in [1.807, 2.05) is 31.2 Å². The average molecular weight is 444 g/mol. The van der Waals surface area contributed by atoms with Crippen molar-refractivity contribution in [3.05, 3.63) is 53.9 Å². The highest BCUT2D eigenvalue weighted by Crippen LogP contribution is 2.34. The number of methoxy groups -OCH3 is 2. The molecule has 0 spiro atoms. The molecule has 164 valence electrons. The summed E-state index contributed by atoms with van der Waals surface area (Å²) in [5.41, 5.74) is 1.48. The highest BCUT2D eigenvalue weighted by Gasteiger charge is 2.33. The lowest BCUT2D eigenvalue weighted by atomic mass is 10.00. The van der Waals surface area contributed by atoms with Crippen LogP contribution in [-0.4, -0.2) is 50.2 Å². The van der Waals surface area contributed by atoms with Gasteiger partial charge in [-0.05, 0) is 55.7 Å². The molecule has 0 aliphatic carbocycles. The van der Waals surface area contributed by atoms with Crippen LogP contribution in [0, 0.1) is 6.92 Å². The van der Waals surface area contributed by atoms with Gasteiger partial charge in [-0.15, -0.1) is 10.2 Å². The van der Waals surface area contributed by atoms with E-state index in [2.05, 4.69) is 10.2 Å². The smallest absolute Gasteiger partial charge is 0.251 e. The van der Waals surface area contributed by atoms with Crippen LogP contribution in [-0.2, 0) is 10.0 Å². The third-order valence-electron chi connectivity index (χ3n) is 5.52. The molecule has 1 fully saturated rings. The van der Waals surface area contributed by atoms with Gasteiger partial charge in [0.15, 0.2) is 0 Å². The maximum atomic E-state index is 13.2. The molecule has 31 heavy (non-hydrogen) atoms. The number of aryl methyl sites for hydroxylation is 1. The zero-order valence-corrected chi connectivity index (χ0v) is 18.6. The van der Waals surface area contributed by atoms with Crippen molar-refractivity contribution in [1.82, 2.24) is 14.5 Å². The summed E-state index contributed by atoms with van der Waals surface area (Å²) in [6, 6.07) is 12.3. The Balaban J connectivity index is 1.56. The van der Waals surface area contributed by atoms with Crippen molar-refractivity contribution in [3.8, 4) is 23.0 Å². The lowest BCUT2D eigenvalue weighted by molar-refractivity contribution is 0.286. The molecular weight excluding hydrogens is 418 g/mol. The van der Waals surface area contributed by atoms with Gasteiger partial charge in [-0.25, -0.2) is 8.42 Å². The molecule has 4 rings (SSSR count). The van der Waals surface area contributed by atoms with Crippen molar-refractivity contribution in [1.29, 1.82) is 0 Å². The Morgan fingerprint density at radius 1 is 1.06 bits per heavy atom. The lowest BCUT2D eigenvalue weighted by Gasteiger charge is -2.30. The maximum absolute atomic E-state index is 13.2. The second kappa shape index (κ2) is 8.68. The van der Waals surface area contributed by atoms with E-state index in [4.69, 9.17) is 13.9 Å². The van der Waals surface area contributed by atoms with Crippen LogP contribution >= 0.6 is 0 Å². The predicted octanol–water partition coefficient (Wildman–Crippen LogP) is 3.63. The fourth-order valence-electron chi connectivity index (χ4n) is 3.85. The zero-order chi connectivity index (χ0) is 22.0.